The van der Waals surface area contributed by atoms with Crippen LogP contribution in [-0.4, -0.2) is 63.8 Å². The Morgan fingerprint density at radius 3 is 2.75 bits per heavy atom. The molecule has 218 valence electrons. The van der Waals surface area contributed by atoms with Gasteiger partial charge in [0.05, 0.1) is 31.3 Å². The minimum absolute atomic E-state index is 0.0300. The zero-order valence-corrected chi connectivity index (χ0v) is 24.2. The van der Waals surface area contributed by atoms with Gasteiger partial charge in [0, 0.05) is 6.16 Å². The number of imidazole rings is 1. The minimum Gasteiger partial charge on any atom is -0.462 e. The summed E-state index contributed by atoms with van der Waals surface area (Å²) >= 11 is 0. The first-order chi connectivity index (χ1) is 19.2. The summed E-state index contributed by atoms with van der Waals surface area (Å²) in [5, 5.41) is 2.88. The van der Waals surface area contributed by atoms with Crippen LogP contribution in [0.15, 0.2) is 24.5 Å². The van der Waals surface area contributed by atoms with Gasteiger partial charge in [-0.25, -0.2) is 15.1 Å². The summed E-state index contributed by atoms with van der Waals surface area (Å²) in [5.41, 5.74) is 8.86. The van der Waals surface area contributed by atoms with Crippen molar-refractivity contribution in [3.8, 4) is 11.5 Å². The van der Waals surface area contributed by atoms with Crippen LogP contribution in [0.25, 0.3) is 11.2 Å². The lowest BCUT2D eigenvalue weighted by Gasteiger charge is -2.24. The summed E-state index contributed by atoms with van der Waals surface area (Å²) in [6, 6.07) is 4.72. The molecule has 0 radical (unpaired) electrons. The molecule has 0 fully saturated rings. The number of esters is 1. The van der Waals surface area contributed by atoms with Crippen LogP contribution in [0.4, 0.5) is 5.95 Å². The molecular formula is C26H37N6O7P. The molecular weight excluding hydrogens is 539 g/mol. The van der Waals surface area contributed by atoms with Crippen molar-refractivity contribution in [2.75, 3.05) is 31.9 Å². The van der Waals surface area contributed by atoms with Crippen LogP contribution in [0, 0.1) is 0 Å². The number of hydrogen-bond acceptors (Lipinski definition) is 11. The van der Waals surface area contributed by atoms with Crippen molar-refractivity contribution in [1.82, 2.24) is 24.6 Å². The molecule has 1 aliphatic rings. The van der Waals surface area contributed by atoms with Crippen LogP contribution in [-0.2, 0) is 42.9 Å². The van der Waals surface area contributed by atoms with Crippen LogP contribution in [0.1, 0.15) is 45.4 Å². The molecule has 2 aromatic heterocycles. The Morgan fingerprint density at radius 1 is 1.18 bits per heavy atom. The smallest absolute Gasteiger partial charge is 0.323 e. The monoisotopic (exact) mass is 576 g/mol. The molecule has 0 aliphatic carbocycles. The summed E-state index contributed by atoms with van der Waals surface area (Å²) in [5.74, 6) is 0.990. The number of carbonyl (C=O) groups excluding carboxylic acids is 1. The minimum atomic E-state index is -3.48. The van der Waals surface area contributed by atoms with Crippen LogP contribution in [0.3, 0.4) is 0 Å². The van der Waals surface area contributed by atoms with Crippen LogP contribution in [0.2, 0.25) is 0 Å². The summed E-state index contributed by atoms with van der Waals surface area (Å²) in [4.78, 5) is 25.4. The molecule has 13 nitrogen and oxygen atoms in total. The molecule has 3 N–H and O–H groups in total. The van der Waals surface area contributed by atoms with Gasteiger partial charge >= 0.3 is 5.97 Å². The Labute approximate surface area is 233 Å². The van der Waals surface area contributed by atoms with E-state index >= 15 is 0 Å². The highest BCUT2D eigenvalue weighted by molar-refractivity contribution is 7.56. The number of nitrogens with two attached hydrogens (primary N) is 1. The first kappa shape index (κ1) is 29.7. The number of anilines is 1. The fourth-order valence-corrected chi connectivity index (χ4v) is 6.10. The molecule has 1 aromatic carbocycles. The predicted octanol–water partition coefficient (Wildman–Crippen LogP) is 3.45. The number of nitrogens with zero attached hydrogens (tertiary/aromatic N) is 4. The zero-order chi connectivity index (χ0) is 28.7. The van der Waals surface area contributed by atoms with Crippen molar-refractivity contribution in [2.45, 2.75) is 65.8 Å². The third-order valence-corrected chi connectivity index (χ3v) is 8.22. The van der Waals surface area contributed by atoms with Crippen molar-refractivity contribution in [2.24, 2.45) is 0 Å². The van der Waals surface area contributed by atoms with E-state index in [-0.39, 0.29) is 45.0 Å². The summed E-state index contributed by atoms with van der Waals surface area (Å²) in [6.45, 7) is 7.66. The maximum atomic E-state index is 13.8. The van der Waals surface area contributed by atoms with Gasteiger partial charge in [0.15, 0.2) is 17.1 Å². The lowest BCUT2D eigenvalue weighted by Crippen LogP contribution is -2.36. The second-order valence-electron chi connectivity index (χ2n) is 9.71. The van der Waals surface area contributed by atoms with E-state index in [1.54, 1.807) is 31.7 Å². The molecule has 1 aliphatic heterocycles. The van der Waals surface area contributed by atoms with Crippen molar-refractivity contribution in [1.29, 1.82) is 0 Å². The topological polar surface area (TPSA) is 162 Å². The number of carbonyl (C=O) groups is 1. The van der Waals surface area contributed by atoms with Crippen molar-refractivity contribution in [3.63, 3.8) is 0 Å². The number of nitrogens with one attached hydrogen (secondary N) is 1. The first-order valence-corrected chi connectivity index (χ1v) is 15.1. The quantitative estimate of drug-likeness (QED) is 0.154. The second-order valence-corrected chi connectivity index (χ2v) is 12.0. The van der Waals surface area contributed by atoms with E-state index in [1.165, 1.54) is 0 Å². The first-order valence-electron chi connectivity index (χ1n) is 13.3. The predicted molar refractivity (Wildman–Crippen MR) is 148 cm³/mol. The van der Waals surface area contributed by atoms with Gasteiger partial charge in [-0.3, -0.25) is 13.9 Å². The SMILES string of the molecule is CCCc1nc(N)nc2c1ncn2COCCOP(=O)(CCc1ccc2c(c1)OCO2)N[C@H](C)C(=O)OC(C)C. The van der Waals surface area contributed by atoms with Crippen LogP contribution >= 0.6 is 7.52 Å². The number of benzene rings is 1. The molecule has 3 heterocycles. The Balaban J connectivity index is 1.36. The highest BCUT2D eigenvalue weighted by Crippen LogP contribution is 2.44. The molecule has 2 atom stereocenters. The van der Waals surface area contributed by atoms with Gasteiger partial charge in [-0.1, -0.05) is 19.4 Å². The van der Waals surface area contributed by atoms with Gasteiger partial charge in [-0.05, 0) is 51.3 Å². The molecule has 0 saturated carbocycles. The Morgan fingerprint density at radius 2 is 1.98 bits per heavy atom. The second kappa shape index (κ2) is 13.4. The lowest BCUT2D eigenvalue weighted by atomic mass is 10.1. The van der Waals surface area contributed by atoms with Crippen LogP contribution in [0.5, 0.6) is 11.5 Å². The average molecular weight is 577 g/mol. The van der Waals surface area contributed by atoms with E-state index in [4.69, 9.17) is 29.2 Å². The third kappa shape index (κ3) is 7.69. The highest BCUT2D eigenvalue weighted by atomic mass is 31.2. The molecule has 0 bridgehead atoms. The van der Waals surface area contributed by atoms with E-state index in [9.17, 15) is 9.36 Å². The number of aromatic nitrogens is 4. The summed E-state index contributed by atoms with van der Waals surface area (Å²) < 4.78 is 43.2. The molecule has 1 unspecified atom stereocenters. The molecule has 0 spiro atoms. The third-order valence-electron chi connectivity index (χ3n) is 6.03. The molecule has 3 aromatic rings. The van der Waals surface area contributed by atoms with Gasteiger partial charge in [0.1, 0.15) is 18.3 Å². The largest absolute Gasteiger partial charge is 0.462 e. The molecule has 40 heavy (non-hydrogen) atoms. The fourth-order valence-electron chi connectivity index (χ4n) is 4.15. The van der Waals surface area contributed by atoms with Crippen molar-refractivity contribution in [3.05, 3.63) is 35.8 Å². The average Bonchev–Trinajstić information content (AvgIpc) is 3.54. The number of hydrogen-bond donors (Lipinski definition) is 2. The Kier molecular flexibility index (Phi) is 9.96. The molecule has 14 heteroatoms. The van der Waals surface area contributed by atoms with E-state index in [0.29, 0.717) is 29.1 Å². The molecule has 4 rings (SSSR count). The number of fused-ring (bicyclic) bond motifs is 2. The maximum Gasteiger partial charge on any atom is 0.323 e. The number of nitrogen functional groups attached to an aromatic ring is 1. The summed E-state index contributed by atoms with van der Waals surface area (Å²) in [6.07, 6.45) is 3.55. The zero-order valence-electron chi connectivity index (χ0n) is 23.3. The van der Waals surface area contributed by atoms with Gasteiger partial charge in [-0.15, -0.1) is 0 Å². The Hall–Kier alpha value is -3.25. The number of rotatable bonds is 15. The normalized spacial score (nSPS) is 14.9. The number of aryl methyl sites for hydroxylation is 2. The van der Waals surface area contributed by atoms with E-state index in [0.717, 1.165) is 24.1 Å². The highest BCUT2D eigenvalue weighted by Gasteiger charge is 2.29. The molecule has 0 saturated heterocycles. The van der Waals surface area contributed by atoms with E-state index in [2.05, 4.69) is 27.0 Å². The standard InChI is InChI=1S/C26H37N6O7P/c1-5-6-20-23-24(30-26(27)29-20)32(14-28-23)15-35-10-11-38-40(34,31-18(4)25(33)39-17(2)3)12-9-19-7-8-21-22(13-19)37-16-36-21/h7-8,13-14,17-18H,5-6,9-12,15-16H2,1-4H3,(H,31,34)(H2,27,29,30)/t18-,40?/m1/s1. The van der Waals surface area contributed by atoms with E-state index in [1.807, 2.05) is 18.2 Å². The lowest BCUT2D eigenvalue weighted by molar-refractivity contribution is -0.149. The maximum absolute atomic E-state index is 13.8. The van der Waals surface area contributed by atoms with Gasteiger partial charge in [-0.2, -0.15) is 4.98 Å². The van der Waals surface area contributed by atoms with Crippen LogP contribution < -0.4 is 20.3 Å². The van der Waals surface area contributed by atoms with Gasteiger partial charge < -0.3 is 29.2 Å². The summed E-state index contributed by atoms with van der Waals surface area (Å²) in [7, 11) is -3.48. The van der Waals surface area contributed by atoms with Crippen molar-refractivity contribution >= 4 is 30.6 Å². The number of ether oxygens (including phenoxy) is 4. The van der Waals surface area contributed by atoms with Crippen molar-refractivity contribution < 1.29 is 32.8 Å². The van der Waals surface area contributed by atoms with Gasteiger partial charge in [0.2, 0.25) is 12.7 Å². The van der Waals surface area contributed by atoms with Gasteiger partial charge in [0.25, 0.3) is 7.52 Å². The fraction of sp³-hybridized carbons (Fsp3) is 0.538. The Bertz CT molecular complexity index is 1360. The van der Waals surface area contributed by atoms with E-state index < -0.39 is 19.5 Å². The molecule has 0 amide bonds.